The zero-order valence-electron chi connectivity index (χ0n) is 14.4. The quantitative estimate of drug-likeness (QED) is 0.747. The van der Waals surface area contributed by atoms with E-state index in [2.05, 4.69) is 30.9 Å². The fraction of sp³-hybridized carbons (Fsp3) is 0.350. The molecule has 1 aliphatic rings. The minimum absolute atomic E-state index is 0.288. The summed E-state index contributed by atoms with van der Waals surface area (Å²) in [6.45, 7) is 8.72. The van der Waals surface area contributed by atoms with Gasteiger partial charge in [-0.2, -0.15) is 0 Å². The molecular formula is C20H23NO3. The first-order valence-corrected chi connectivity index (χ1v) is 8.50. The topological polar surface area (TPSA) is 38.8 Å². The van der Waals surface area contributed by atoms with Crippen LogP contribution in [0.4, 0.5) is 5.69 Å². The van der Waals surface area contributed by atoms with E-state index in [0.29, 0.717) is 17.9 Å². The Morgan fingerprint density at radius 2 is 1.75 bits per heavy atom. The molecule has 0 fully saturated rings. The van der Waals surface area contributed by atoms with E-state index in [1.165, 1.54) is 5.69 Å². The molecule has 0 saturated carbocycles. The molecule has 24 heavy (non-hydrogen) atoms. The molecule has 0 spiro atoms. The third kappa shape index (κ3) is 2.96. The van der Waals surface area contributed by atoms with E-state index in [0.717, 1.165) is 24.2 Å². The number of carbonyl (C=O) groups excluding carboxylic acids is 1. The van der Waals surface area contributed by atoms with Gasteiger partial charge in [0.2, 0.25) is 0 Å². The average molecular weight is 325 g/mol. The van der Waals surface area contributed by atoms with Crippen LogP contribution < -0.4 is 9.64 Å². The highest BCUT2D eigenvalue weighted by Gasteiger charge is 2.32. The largest absolute Gasteiger partial charge is 0.494 e. The van der Waals surface area contributed by atoms with Crippen molar-refractivity contribution in [3.8, 4) is 5.75 Å². The van der Waals surface area contributed by atoms with Crippen LogP contribution in [-0.2, 0) is 4.74 Å². The van der Waals surface area contributed by atoms with Gasteiger partial charge in [0.05, 0.1) is 12.2 Å². The Kier molecular flexibility index (Phi) is 4.74. The third-order valence-electron chi connectivity index (χ3n) is 4.39. The van der Waals surface area contributed by atoms with E-state index in [-0.39, 0.29) is 12.1 Å². The van der Waals surface area contributed by atoms with Crippen molar-refractivity contribution in [1.82, 2.24) is 0 Å². The fourth-order valence-corrected chi connectivity index (χ4v) is 3.13. The lowest BCUT2D eigenvalue weighted by atomic mass is 9.99. The molecule has 1 atom stereocenters. The maximum atomic E-state index is 12.2. The maximum Gasteiger partial charge on any atom is 0.339 e. The third-order valence-corrected chi connectivity index (χ3v) is 4.39. The van der Waals surface area contributed by atoms with Gasteiger partial charge in [0, 0.05) is 24.3 Å². The highest BCUT2D eigenvalue weighted by atomic mass is 16.5. The highest BCUT2D eigenvalue weighted by Crippen LogP contribution is 2.38. The number of benzene rings is 2. The number of rotatable bonds is 6. The molecule has 0 N–H and O–H groups in total. The summed E-state index contributed by atoms with van der Waals surface area (Å²) < 4.78 is 11.1. The van der Waals surface area contributed by atoms with Gasteiger partial charge in [0.15, 0.2) is 6.10 Å². The van der Waals surface area contributed by atoms with Crippen molar-refractivity contribution in [2.24, 2.45) is 0 Å². The summed E-state index contributed by atoms with van der Waals surface area (Å²) in [5, 5.41) is 0. The van der Waals surface area contributed by atoms with Crippen LogP contribution in [0, 0.1) is 0 Å². The van der Waals surface area contributed by atoms with Crippen molar-refractivity contribution in [2.75, 3.05) is 24.6 Å². The Balaban J connectivity index is 1.88. The van der Waals surface area contributed by atoms with Crippen molar-refractivity contribution in [1.29, 1.82) is 0 Å². The number of cyclic esters (lactones) is 1. The van der Waals surface area contributed by atoms with Gasteiger partial charge in [-0.15, -0.1) is 0 Å². The van der Waals surface area contributed by atoms with Crippen LogP contribution >= 0.6 is 0 Å². The number of nitrogens with zero attached hydrogens (tertiary/aromatic N) is 1. The normalized spacial score (nSPS) is 15.8. The van der Waals surface area contributed by atoms with Gasteiger partial charge in [0.25, 0.3) is 0 Å². The molecule has 2 aromatic carbocycles. The van der Waals surface area contributed by atoms with Crippen molar-refractivity contribution >= 4 is 11.7 Å². The number of hydrogen-bond acceptors (Lipinski definition) is 4. The van der Waals surface area contributed by atoms with E-state index in [4.69, 9.17) is 9.47 Å². The average Bonchev–Trinajstić information content (AvgIpc) is 2.93. The summed E-state index contributed by atoms with van der Waals surface area (Å²) in [5.41, 5.74) is 3.67. The second-order valence-corrected chi connectivity index (χ2v) is 5.73. The van der Waals surface area contributed by atoms with Gasteiger partial charge in [0.1, 0.15) is 5.75 Å². The van der Waals surface area contributed by atoms with Crippen LogP contribution in [0.1, 0.15) is 48.4 Å². The molecule has 0 saturated heterocycles. The Hall–Kier alpha value is -2.49. The van der Waals surface area contributed by atoms with Gasteiger partial charge >= 0.3 is 5.97 Å². The van der Waals surface area contributed by atoms with Crippen LogP contribution in [0.2, 0.25) is 0 Å². The predicted molar refractivity (Wildman–Crippen MR) is 94.9 cm³/mol. The predicted octanol–water partition coefficient (Wildman–Crippen LogP) is 4.19. The van der Waals surface area contributed by atoms with E-state index >= 15 is 0 Å². The molecule has 4 nitrogen and oxygen atoms in total. The highest BCUT2D eigenvalue weighted by molar-refractivity contribution is 5.95. The second kappa shape index (κ2) is 6.95. The van der Waals surface area contributed by atoms with E-state index < -0.39 is 0 Å². The standard InChI is InChI=1S/C20H23NO3/c1-4-21(5-2)15-9-7-14(8-10-15)19-17-12-11-16(23-6-3)13-18(17)20(22)24-19/h7-13,19H,4-6H2,1-3H3. The van der Waals surface area contributed by atoms with Crippen molar-refractivity contribution in [3.05, 3.63) is 59.2 Å². The molecule has 0 bridgehead atoms. The molecule has 0 amide bonds. The van der Waals surface area contributed by atoms with Crippen LogP contribution in [0.25, 0.3) is 0 Å². The minimum atomic E-state index is -0.339. The van der Waals surface area contributed by atoms with Gasteiger partial charge in [-0.3, -0.25) is 0 Å². The van der Waals surface area contributed by atoms with E-state index in [1.54, 1.807) is 6.07 Å². The van der Waals surface area contributed by atoms with E-state index in [9.17, 15) is 4.79 Å². The van der Waals surface area contributed by atoms with Gasteiger partial charge in [-0.1, -0.05) is 18.2 Å². The summed E-state index contributed by atoms with van der Waals surface area (Å²) in [7, 11) is 0. The lowest BCUT2D eigenvalue weighted by Crippen LogP contribution is -2.21. The first-order valence-electron chi connectivity index (χ1n) is 8.50. The molecule has 1 aliphatic heterocycles. The number of hydrogen-bond donors (Lipinski definition) is 0. The molecule has 1 unspecified atom stereocenters. The molecule has 0 aliphatic carbocycles. The number of esters is 1. The Labute approximate surface area is 143 Å². The number of ether oxygens (including phenoxy) is 2. The van der Waals surface area contributed by atoms with Crippen LogP contribution in [0.3, 0.4) is 0 Å². The summed E-state index contributed by atoms with van der Waals surface area (Å²) >= 11 is 0. The van der Waals surface area contributed by atoms with E-state index in [1.807, 2.05) is 31.2 Å². The van der Waals surface area contributed by atoms with Crippen LogP contribution in [0.5, 0.6) is 5.75 Å². The van der Waals surface area contributed by atoms with Crippen molar-refractivity contribution in [3.63, 3.8) is 0 Å². The number of carbonyl (C=O) groups is 1. The molecule has 2 aromatic rings. The molecule has 1 heterocycles. The zero-order valence-corrected chi connectivity index (χ0v) is 14.4. The first kappa shape index (κ1) is 16.4. The summed E-state index contributed by atoms with van der Waals surface area (Å²) in [5.74, 6) is 0.412. The summed E-state index contributed by atoms with van der Waals surface area (Å²) in [6.07, 6.45) is -0.339. The Morgan fingerprint density at radius 1 is 1.04 bits per heavy atom. The van der Waals surface area contributed by atoms with Gasteiger partial charge in [-0.25, -0.2) is 4.79 Å². The number of anilines is 1. The lowest BCUT2D eigenvalue weighted by molar-refractivity contribution is 0.0455. The van der Waals surface area contributed by atoms with Crippen LogP contribution in [-0.4, -0.2) is 25.7 Å². The Morgan fingerprint density at radius 3 is 2.38 bits per heavy atom. The van der Waals surface area contributed by atoms with Crippen LogP contribution in [0.15, 0.2) is 42.5 Å². The molecule has 0 radical (unpaired) electrons. The fourth-order valence-electron chi connectivity index (χ4n) is 3.13. The Bertz CT molecular complexity index is 720. The smallest absolute Gasteiger partial charge is 0.339 e. The molecular weight excluding hydrogens is 302 g/mol. The molecule has 126 valence electrons. The zero-order chi connectivity index (χ0) is 17.1. The van der Waals surface area contributed by atoms with Crippen molar-refractivity contribution in [2.45, 2.75) is 26.9 Å². The van der Waals surface area contributed by atoms with Gasteiger partial charge < -0.3 is 14.4 Å². The SMILES string of the molecule is CCOc1ccc2c(c1)C(=O)OC2c1ccc(N(CC)CC)cc1. The summed E-state index contributed by atoms with van der Waals surface area (Å²) in [6, 6.07) is 13.8. The number of fused-ring (bicyclic) bond motifs is 1. The minimum Gasteiger partial charge on any atom is -0.494 e. The molecule has 4 heteroatoms. The second-order valence-electron chi connectivity index (χ2n) is 5.73. The maximum absolute atomic E-state index is 12.2. The monoisotopic (exact) mass is 325 g/mol. The van der Waals surface area contributed by atoms with Gasteiger partial charge in [-0.05, 0) is 50.6 Å². The van der Waals surface area contributed by atoms with Crippen molar-refractivity contribution < 1.29 is 14.3 Å². The molecule has 3 rings (SSSR count). The molecule has 0 aromatic heterocycles. The first-order chi connectivity index (χ1) is 11.7. The lowest BCUT2D eigenvalue weighted by Gasteiger charge is -2.21. The summed E-state index contributed by atoms with van der Waals surface area (Å²) in [4.78, 5) is 14.5.